The lowest BCUT2D eigenvalue weighted by atomic mass is 10.1. The Morgan fingerprint density at radius 1 is 0.552 bits per heavy atom. The second-order valence-corrected chi connectivity index (χ2v) is 11.6. The van der Waals surface area contributed by atoms with E-state index in [2.05, 4.69) is 37.2 Å². The van der Waals surface area contributed by atoms with Crippen LogP contribution in [0.4, 0.5) is 0 Å². The Hall–Kier alpha value is -6.01. The third-order valence-electron chi connectivity index (χ3n) is 7.79. The van der Waals surface area contributed by atoms with Crippen LogP contribution < -0.4 is 43.0 Å². The monoisotopic (exact) mass is 831 g/mol. The molecule has 58 heavy (non-hydrogen) atoms. The summed E-state index contributed by atoms with van der Waals surface area (Å²) in [5.74, 6) is -12.4. The van der Waals surface area contributed by atoms with E-state index < -0.39 is 147 Å². The number of imide groups is 1. The summed E-state index contributed by atoms with van der Waals surface area (Å²) in [6.07, 6.45) is -0.834. The maximum absolute atomic E-state index is 13.6. The minimum atomic E-state index is -1.77. The van der Waals surface area contributed by atoms with Gasteiger partial charge < -0.3 is 63.4 Å². The molecule has 13 N–H and O–H groups in total. The number of amides is 7. The van der Waals surface area contributed by atoms with Crippen molar-refractivity contribution in [2.45, 2.75) is 102 Å². The fraction of sp³-hybridized carbons (Fsp3) is 0.618. The van der Waals surface area contributed by atoms with Gasteiger partial charge in [0.2, 0.25) is 29.5 Å². The number of carbonyl (C=O) groups excluding carboxylic acids is 7. The van der Waals surface area contributed by atoms with Crippen LogP contribution in [0, 0.1) is 0 Å². The Balaban J connectivity index is 0. The summed E-state index contributed by atoms with van der Waals surface area (Å²) in [4.78, 5) is 135. The van der Waals surface area contributed by atoms with Gasteiger partial charge in [-0.15, -0.1) is 0 Å². The SMILES string of the molecule is CC.CC.CN[C@@H](CCC(=O)O)C(=O)NC(CNC(=O)C(CCC(=O)O)NC(=O)C(CNC(=O)[C@H](CN)N1C(=O)C=CC1=O)NC(=O)[C@H](CCC(=O)O)NC)C(=O)O. The summed E-state index contributed by atoms with van der Waals surface area (Å²) < 4.78 is 0. The van der Waals surface area contributed by atoms with Gasteiger partial charge in [-0.25, -0.2) is 4.79 Å². The van der Waals surface area contributed by atoms with Crippen LogP contribution in [0.15, 0.2) is 12.2 Å². The molecule has 0 spiro atoms. The number of aliphatic carboxylic acids is 4. The molecule has 1 aliphatic rings. The van der Waals surface area contributed by atoms with Crippen LogP contribution in [0.2, 0.25) is 0 Å². The highest BCUT2D eigenvalue weighted by Crippen LogP contribution is 2.09. The highest BCUT2D eigenvalue weighted by molar-refractivity contribution is 6.15. The summed E-state index contributed by atoms with van der Waals surface area (Å²) in [7, 11) is 2.65. The first-order valence-corrected chi connectivity index (χ1v) is 18.3. The van der Waals surface area contributed by atoms with E-state index in [1.165, 1.54) is 14.1 Å². The molecule has 0 aromatic rings. The van der Waals surface area contributed by atoms with Gasteiger partial charge in [0.05, 0.1) is 12.1 Å². The molecule has 0 saturated heterocycles. The van der Waals surface area contributed by atoms with Crippen molar-refractivity contribution in [3.8, 4) is 0 Å². The van der Waals surface area contributed by atoms with Gasteiger partial charge >= 0.3 is 23.9 Å². The van der Waals surface area contributed by atoms with Gasteiger partial charge in [0.15, 0.2) is 0 Å². The van der Waals surface area contributed by atoms with Crippen molar-refractivity contribution in [2.24, 2.45) is 5.73 Å². The number of carboxylic acid groups (broad SMARTS) is 4. The molecule has 24 heteroatoms. The molecule has 1 rings (SSSR count). The Kier molecular flexibility index (Phi) is 27.3. The van der Waals surface area contributed by atoms with E-state index in [9.17, 15) is 63.0 Å². The Labute approximate surface area is 334 Å². The molecule has 24 nitrogen and oxygen atoms in total. The molecule has 0 aromatic heterocycles. The summed E-state index contributed by atoms with van der Waals surface area (Å²) in [6, 6.07) is -9.10. The summed E-state index contributed by atoms with van der Waals surface area (Å²) >= 11 is 0. The first kappa shape index (κ1) is 54.1. The van der Waals surface area contributed by atoms with Gasteiger partial charge in [0, 0.05) is 51.0 Å². The van der Waals surface area contributed by atoms with Crippen LogP contribution >= 0.6 is 0 Å². The van der Waals surface area contributed by atoms with E-state index in [0.717, 1.165) is 12.2 Å². The first-order chi connectivity index (χ1) is 27.4. The van der Waals surface area contributed by atoms with E-state index in [4.69, 9.17) is 15.9 Å². The zero-order valence-electron chi connectivity index (χ0n) is 33.3. The lowest BCUT2D eigenvalue weighted by Crippen LogP contribution is -2.61. The number of hydrogen-bond donors (Lipinski definition) is 12. The minimum Gasteiger partial charge on any atom is -0.481 e. The molecular formula is C34H57N9O15. The second-order valence-electron chi connectivity index (χ2n) is 11.6. The number of nitrogens with zero attached hydrogens (tertiary/aromatic N) is 1. The van der Waals surface area contributed by atoms with Crippen LogP contribution in [0.5, 0.6) is 0 Å². The first-order valence-electron chi connectivity index (χ1n) is 18.3. The molecule has 3 unspecified atom stereocenters. The van der Waals surface area contributed by atoms with E-state index in [0.29, 0.717) is 4.90 Å². The quantitative estimate of drug-likeness (QED) is 0.0368. The summed E-state index contributed by atoms with van der Waals surface area (Å²) in [6.45, 7) is 5.90. The van der Waals surface area contributed by atoms with Crippen LogP contribution in [-0.4, -0.2) is 161 Å². The smallest absolute Gasteiger partial charge is 0.328 e. The fourth-order valence-corrected chi connectivity index (χ4v) is 4.81. The lowest BCUT2D eigenvalue weighted by molar-refractivity contribution is -0.145. The van der Waals surface area contributed by atoms with Crippen molar-refractivity contribution >= 4 is 65.2 Å². The van der Waals surface area contributed by atoms with Crippen LogP contribution in [0.25, 0.3) is 0 Å². The van der Waals surface area contributed by atoms with Crippen LogP contribution in [-0.2, 0) is 52.7 Å². The second kappa shape index (κ2) is 29.3. The molecular weight excluding hydrogens is 774 g/mol. The molecule has 1 heterocycles. The minimum absolute atomic E-state index is 0.203. The largest absolute Gasteiger partial charge is 0.481 e. The van der Waals surface area contributed by atoms with Crippen molar-refractivity contribution in [1.82, 2.24) is 42.1 Å². The molecule has 0 saturated carbocycles. The highest BCUT2D eigenvalue weighted by atomic mass is 16.4. The molecule has 0 aliphatic carbocycles. The van der Waals surface area contributed by atoms with Gasteiger partial charge in [0.1, 0.15) is 24.2 Å². The average molecular weight is 832 g/mol. The standard InChI is InChI=1S/C30H45N9O15.2C2H6/c1-32-14(3-8-22(42)43)26(49)37-17(12-35-29(52)19(11-31)39-20(40)6-7-21(39)41)28(51)36-16(5-10-24(46)47)25(48)34-13-18(30(53)54)38-27(50)15(33-2)4-9-23(44)45;2*1-2/h6-7,14-19,32-33H,3-5,8-13,31H2,1-2H3,(H,34,48)(H,35,52)(H,36,51)(H,37,49)(H,38,50)(H,42,43)(H,44,45)(H,46,47)(H,53,54);2*1-2H3/t14-,15-,16?,17?,18?,19-;;/m0../s1. The van der Waals surface area contributed by atoms with Crippen molar-refractivity contribution in [3.63, 3.8) is 0 Å². The lowest BCUT2D eigenvalue weighted by Gasteiger charge is -2.27. The normalized spacial score (nSPS) is 14.6. The number of likely N-dealkylation sites (N-methyl/N-ethyl adjacent to an activating group) is 2. The molecule has 328 valence electrons. The molecule has 0 radical (unpaired) electrons. The van der Waals surface area contributed by atoms with E-state index in [1.54, 1.807) is 0 Å². The third kappa shape index (κ3) is 19.7. The molecule has 1 aliphatic heterocycles. The molecule has 0 aromatic carbocycles. The van der Waals surface area contributed by atoms with Crippen molar-refractivity contribution in [2.75, 3.05) is 33.7 Å². The highest BCUT2D eigenvalue weighted by Gasteiger charge is 2.36. The van der Waals surface area contributed by atoms with Crippen LogP contribution in [0.3, 0.4) is 0 Å². The van der Waals surface area contributed by atoms with Gasteiger partial charge in [-0.2, -0.15) is 0 Å². The average Bonchev–Trinajstić information content (AvgIpc) is 3.51. The zero-order chi connectivity index (χ0) is 45.1. The Bertz CT molecular complexity index is 1470. The van der Waals surface area contributed by atoms with Crippen molar-refractivity contribution in [3.05, 3.63) is 12.2 Å². The number of hydrogen-bond acceptors (Lipinski definition) is 14. The Morgan fingerprint density at radius 3 is 1.28 bits per heavy atom. The van der Waals surface area contributed by atoms with Crippen molar-refractivity contribution in [1.29, 1.82) is 0 Å². The maximum Gasteiger partial charge on any atom is 0.328 e. The fourth-order valence-electron chi connectivity index (χ4n) is 4.81. The predicted octanol–water partition coefficient (Wildman–Crippen LogP) is -4.17. The van der Waals surface area contributed by atoms with E-state index >= 15 is 0 Å². The third-order valence-corrected chi connectivity index (χ3v) is 7.79. The predicted molar refractivity (Wildman–Crippen MR) is 202 cm³/mol. The number of rotatable bonds is 26. The van der Waals surface area contributed by atoms with Gasteiger partial charge in [-0.3, -0.25) is 52.8 Å². The summed E-state index contributed by atoms with van der Waals surface area (Å²) in [5, 5.41) is 53.0. The van der Waals surface area contributed by atoms with Crippen molar-refractivity contribution < 1.29 is 73.2 Å². The Morgan fingerprint density at radius 2 is 0.897 bits per heavy atom. The molecule has 0 fully saturated rings. The maximum atomic E-state index is 13.6. The van der Waals surface area contributed by atoms with Crippen LogP contribution in [0.1, 0.15) is 66.2 Å². The summed E-state index contributed by atoms with van der Waals surface area (Å²) in [5.41, 5.74) is 5.62. The number of nitrogens with two attached hydrogens (primary N) is 1. The topological polar surface area (TPSA) is 382 Å². The zero-order valence-corrected chi connectivity index (χ0v) is 33.3. The van der Waals surface area contributed by atoms with Gasteiger partial charge in [-0.1, -0.05) is 27.7 Å². The van der Waals surface area contributed by atoms with E-state index in [-0.39, 0.29) is 12.8 Å². The number of carboxylic acids is 4. The molecule has 6 atom stereocenters. The molecule has 7 amide bonds. The van der Waals surface area contributed by atoms with E-state index in [1.807, 2.05) is 27.7 Å². The number of nitrogens with one attached hydrogen (secondary N) is 7. The van der Waals surface area contributed by atoms with Gasteiger partial charge in [0.25, 0.3) is 11.8 Å². The number of carbonyl (C=O) groups is 11. The molecule has 0 bridgehead atoms. The van der Waals surface area contributed by atoms with Gasteiger partial charge in [-0.05, 0) is 33.4 Å².